The average Bonchev–Trinajstić information content (AvgIpc) is 2.47. The van der Waals surface area contributed by atoms with Gasteiger partial charge in [-0.1, -0.05) is 31.9 Å². The Balaban J connectivity index is 1.92. The second kappa shape index (κ2) is 8.16. The predicted molar refractivity (Wildman–Crippen MR) is 92.0 cm³/mol. The van der Waals surface area contributed by atoms with Crippen molar-refractivity contribution < 1.29 is 8.42 Å². The third-order valence-corrected chi connectivity index (χ3v) is 6.31. The van der Waals surface area contributed by atoms with Crippen molar-refractivity contribution in [2.45, 2.75) is 45.4 Å². The highest BCUT2D eigenvalue weighted by Gasteiger charge is 2.28. The Hall–Kier alpha value is -0.810. The summed E-state index contributed by atoms with van der Waals surface area (Å²) in [5, 5.41) is 0. The van der Waals surface area contributed by atoms with Gasteiger partial charge in [-0.2, -0.15) is 0 Å². The van der Waals surface area contributed by atoms with Gasteiger partial charge >= 0.3 is 0 Å². The van der Waals surface area contributed by atoms with Crippen molar-refractivity contribution >= 4 is 10.0 Å². The summed E-state index contributed by atoms with van der Waals surface area (Å²) >= 11 is 0. The number of nitrogens with one attached hydrogen (secondary N) is 1. The van der Waals surface area contributed by atoms with Gasteiger partial charge in [0.2, 0.25) is 10.0 Å². The molecule has 5 heteroatoms. The molecule has 0 spiro atoms. The first-order chi connectivity index (χ1) is 10.5. The van der Waals surface area contributed by atoms with Gasteiger partial charge in [0.05, 0.1) is 5.75 Å². The van der Waals surface area contributed by atoms with Gasteiger partial charge in [0.15, 0.2) is 0 Å². The first-order valence-electron chi connectivity index (χ1n) is 8.57. The zero-order chi connectivity index (χ0) is 16.0. The average molecular weight is 327 g/mol. The fourth-order valence-electron chi connectivity index (χ4n) is 3.66. The molecule has 2 rings (SSSR count). The summed E-state index contributed by atoms with van der Waals surface area (Å²) in [7, 11) is -0.959. The summed E-state index contributed by atoms with van der Waals surface area (Å²) in [6.45, 7) is 3.46. The van der Waals surface area contributed by atoms with Crippen LogP contribution in [0.25, 0.3) is 0 Å². The summed E-state index contributed by atoms with van der Waals surface area (Å²) < 4.78 is 26.3. The van der Waals surface area contributed by atoms with Gasteiger partial charge in [-0.05, 0) is 43.1 Å². The monoisotopic (exact) mass is 326 g/mol. The van der Waals surface area contributed by atoms with Crippen LogP contribution in [0.15, 0.2) is 23.9 Å². The zero-order valence-corrected chi connectivity index (χ0v) is 14.7. The van der Waals surface area contributed by atoms with E-state index in [2.05, 4.69) is 35.0 Å². The van der Waals surface area contributed by atoms with Gasteiger partial charge in [-0.15, -0.1) is 0 Å². The maximum Gasteiger partial charge on any atom is 0.211 e. The van der Waals surface area contributed by atoms with Crippen LogP contribution < -0.4 is 4.72 Å². The second-order valence-electron chi connectivity index (χ2n) is 6.62. The van der Waals surface area contributed by atoms with Crippen molar-refractivity contribution in [1.82, 2.24) is 9.62 Å². The first-order valence-corrected chi connectivity index (χ1v) is 10.2. The fraction of sp³-hybridized carbons (Fsp3) is 0.765. The summed E-state index contributed by atoms with van der Waals surface area (Å²) in [5.74, 6) is 1.42. The van der Waals surface area contributed by atoms with Crippen LogP contribution in [0, 0.1) is 11.8 Å². The zero-order valence-electron chi connectivity index (χ0n) is 13.9. The van der Waals surface area contributed by atoms with Crippen molar-refractivity contribution in [1.29, 1.82) is 0 Å². The Bertz CT molecular complexity index is 511. The van der Waals surface area contributed by atoms with Crippen LogP contribution in [0.3, 0.4) is 0 Å². The molecule has 1 saturated carbocycles. The van der Waals surface area contributed by atoms with Crippen LogP contribution in [-0.2, 0) is 10.0 Å². The summed E-state index contributed by atoms with van der Waals surface area (Å²) in [6, 6.07) is 0. The molecule has 1 heterocycles. The molecule has 1 N–H and O–H groups in total. The molecule has 126 valence electrons. The van der Waals surface area contributed by atoms with E-state index in [-0.39, 0.29) is 5.75 Å². The molecule has 0 aromatic rings. The Morgan fingerprint density at radius 3 is 2.82 bits per heavy atom. The van der Waals surface area contributed by atoms with Crippen LogP contribution in [0.5, 0.6) is 0 Å². The third kappa shape index (κ3) is 5.13. The molecular formula is C17H30N2O2S. The minimum atomic E-state index is -3.07. The standard InChI is InChI=1S/C17H30N2O2S/c1-3-13-22(20,21)18-11-10-15-7-4-5-9-17(15)16-8-6-12-19(2)14-16/h6,8,14-15,17-18H,3-5,7,9-13H2,1-2H3/t15-,17+/m0/s1. The molecule has 1 aliphatic heterocycles. The number of hydrogen-bond donors (Lipinski definition) is 1. The van der Waals surface area contributed by atoms with Gasteiger partial charge in [0.25, 0.3) is 0 Å². The van der Waals surface area contributed by atoms with E-state index in [4.69, 9.17) is 0 Å². The van der Waals surface area contributed by atoms with Crippen LogP contribution in [0.4, 0.5) is 0 Å². The molecule has 0 bridgehead atoms. The van der Waals surface area contributed by atoms with Crippen LogP contribution in [0.1, 0.15) is 45.4 Å². The van der Waals surface area contributed by atoms with Gasteiger partial charge in [0, 0.05) is 26.3 Å². The lowest BCUT2D eigenvalue weighted by Gasteiger charge is -2.34. The Kier molecular flexibility index (Phi) is 6.50. The Morgan fingerprint density at radius 2 is 2.09 bits per heavy atom. The molecule has 4 nitrogen and oxygen atoms in total. The lowest BCUT2D eigenvalue weighted by Crippen LogP contribution is -2.31. The molecule has 1 aliphatic carbocycles. The molecule has 0 unspecified atom stereocenters. The Labute approximate surface area is 135 Å². The maximum atomic E-state index is 11.8. The molecule has 2 aliphatic rings. The van der Waals surface area contributed by atoms with E-state index in [1.54, 1.807) is 0 Å². The fourth-order valence-corrected chi connectivity index (χ4v) is 4.77. The van der Waals surface area contributed by atoms with Crippen molar-refractivity contribution in [3.63, 3.8) is 0 Å². The molecule has 0 aromatic carbocycles. The molecule has 0 aromatic heterocycles. The quantitative estimate of drug-likeness (QED) is 0.782. The minimum Gasteiger partial charge on any atom is -0.376 e. The highest BCUT2D eigenvalue weighted by atomic mass is 32.2. The normalized spacial score (nSPS) is 26.1. The van der Waals surface area contributed by atoms with E-state index in [1.165, 1.54) is 31.3 Å². The third-order valence-electron chi connectivity index (χ3n) is 4.72. The number of nitrogens with zero attached hydrogens (tertiary/aromatic N) is 1. The van der Waals surface area contributed by atoms with Crippen molar-refractivity contribution in [3.8, 4) is 0 Å². The van der Waals surface area contributed by atoms with Gasteiger partial charge in [-0.25, -0.2) is 13.1 Å². The lowest BCUT2D eigenvalue weighted by atomic mass is 9.73. The highest BCUT2D eigenvalue weighted by molar-refractivity contribution is 7.89. The molecule has 22 heavy (non-hydrogen) atoms. The first kappa shape index (κ1) is 17.5. The van der Waals surface area contributed by atoms with E-state index in [9.17, 15) is 8.42 Å². The van der Waals surface area contributed by atoms with Crippen molar-refractivity contribution in [3.05, 3.63) is 23.9 Å². The largest absolute Gasteiger partial charge is 0.376 e. The van der Waals surface area contributed by atoms with Gasteiger partial charge in [0.1, 0.15) is 0 Å². The smallest absolute Gasteiger partial charge is 0.211 e. The summed E-state index contributed by atoms with van der Waals surface area (Å²) in [5.41, 5.74) is 1.43. The number of hydrogen-bond acceptors (Lipinski definition) is 3. The summed E-state index contributed by atoms with van der Waals surface area (Å²) in [4.78, 5) is 2.23. The molecular weight excluding hydrogens is 296 g/mol. The van der Waals surface area contributed by atoms with Crippen LogP contribution in [-0.4, -0.2) is 39.2 Å². The lowest BCUT2D eigenvalue weighted by molar-refractivity contribution is 0.257. The molecule has 0 saturated heterocycles. The van der Waals surface area contributed by atoms with Crippen molar-refractivity contribution in [2.24, 2.45) is 11.8 Å². The number of likely N-dealkylation sites (N-methyl/N-ethyl adjacent to an activating group) is 1. The predicted octanol–water partition coefficient (Wildman–Crippen LogP) is 2.90. The number of rotatable bonds is 7. The van der Waals surface area contributed by atoms with E-state index >= 15 is 0 Å². The topological polar surface area (TPSA) is 49.4 Å². The van der Waals surface area contributed by atoms with Crippen LogP contribution >= 0.6 is 0 Å². The van der Waals surface area contributed by atoms with E-state index in [0.29, 0.717) is 24.8 Å². The van der Waals surface area contributed by atoms with Crippen molar-refractivity contribution in [2.75, 3.05) is 25.9 Å². The molecule has 1 fully saturated rings. The van der Waals surface area contributed by atoms with E-state index < -0.39 is 10.0 Å². The number of allylic oxidation sites excluding steroid dienone is 2. The number of sulfonamides is 1. The van der Waals surface area contributed by atoms with Gasteiger partial charge in [-0.3, -0.25) is 0 Å². The molecule has 0 amide bonds. The van der Waals surface area contributed by atoms with Crippen LogP contribution in [0.2, 0.25) is 0 Å². The minimum absolute atomic E-state index is 0.236. The molecule has 0 radical (unpaired) electrons. The highest BCUT2D eigenvalue weighted by Crippen LogP contribution is 2.38. The van der Waals surface area contributed by atoms with Gasteiger partial charge < -0.3 is 4.90 Å². The Morgan fingerprint density at radius 1 is 1.32 bits per heavy atom. The molecule has 2 atom stereocenters. The second-order valence-corrected chi connectivity index (χ2v) is 8.55. The SMILES string of the molecule is CCCS(=O)(=O)NCC[C@@H]1CCCC[C@H]1C1=CN(C)CC=C1. The maximum absolute atomic E-state index is 11.8. The van der Waals surface area contributed by atoms with E-state index in [1.807, 2.05) is 6.92 Å². The van der Waals surface area contributed by atoms with E-state index in [0.717, 1.165) is 13.0 Å². The summed E-state index contributed by atoms with van der Waals surface area (Å²) in [6.07, 6.45) is 13.4.